The SMILES string of the molecule is CN1CCC(CN)(c2ccc(F)c(Cl)c2)C1. The van der Waals surface area contributed by atoms with Crippen molar-refractivity contribution in [2.24, 2.45) is 5.73 Å². The zero-order valence-electron chi connectivity index (χ0n) is 9.34. The molecule has 1 saturated heterocycles. The van der Waals surface area contributed by atoms with Gasteiger partial charge in [0, 0.05) is 18.5 Å². The average Bonchev–Trinajstić information content (AvgIpc) is 2.65. The Balaban J connectivity index is 2.37. The topological polar surface area (TPSA) is 29.3 Å². The van der Waals surface area contributed by atoms with E-state index in [2.05, 4.69) is 11.9 Å². The van der Waals surface area contributed by atoms with Crippen LogP contribution in [0.15, 0.2) is 18.2 Å². The van der Waals surface area contributed by atoms with Crippen LogP contribution in [-0.2, 0) is 5.41 Å². The summed E-state index contributed by atoms with van der Waals surface area (Å²) in [5, 5.41) is 0.180. The van der Waals surface area contributed by atoms with Crippen LogP contribution in [0.2, 0.25) is 5.02 Å². The summed E-state index contributed by atoms with van der Waals surface area (Å²) in [6.07, 6.45) is 1.00. The summed E-state index contributed by atoms with van der Waals surface area (Å²) in [7, 11) is 2.07. The van der Waals surface area contributed by atoms with Crippen molar-refractivity contribution in [2.75, 3.05) is 26.7 Å². The number of hydrogen-bond acceptors (Lipinski definition) is 2. The monoisotopic (exact) mass is 242 g/mol. The Bertz CT molecular complexity index is 397. The van der Waals surface area contributed by atoms with Crippen LogP contribution in [-0.4, -0.2) is 31.6 Å². The van der Waals surface area contributed by atoms with E-state index in [1.807, 2.05) is 0 Å². The lowest BCUT2D eigenvalue weighted by Gasteiger charge is -2.28. The van der Waals surface area contributed by atoms with Crippen molar-refractivity contribution >= 4 is 11.6 Å². The zero-order valence-corrected chi connectivity index (χ0v) is 10.1. The van der Waals surface area contributed by atoms with E-state index < -0.39 is 0 Å². The van der Waals surface area contributed by atoms with Gasteiger partial charge in [0.15, 0.2) is 0 Å². The van der Waals surface area contributed by atoms with Gasteiger partial charge in [-0.1, -0.05) is 17.7 Å². The summed E-state index contributed by atoms with van der Waals surface area (Å²) >= 11 is 5.82. The van der Waals surface area contributed by atoms with Crippen molar-refractivity contribution in [3.63, 3.8) is 0 Å². The Kier molecular flexibility index (Phi) is 3.19. The second kappa shape index (κ2) is 4.32. The number of likely N-dealkylation sites (tertiary alicyclic amines) is 1. The third-order valence-electron chi connectivity index (χ3n) is 3.47. The largest absolute Gasteiger partial charge is 0.330 e. The Labute approximate surface area is 100 Å². The molecule has 0 saturated carbocycles. The Morgan fingerprint density at radius 3 is 2.81 bits per heavy atom. The molecule has 1 atom stereocenters. The summed E-state index contributed by atoms with van der Waals surface area (Å²) in [5.74, 6) is -0.371. The molecular weight excluding hydrogens is 227 g/mol. The highest BCUT2D eigenvalue weighted by molar-refractivity contribution is 6.30. The maximum absolute atomic E-state index is 13.1. The lowest BCUT2D eigenvalue weighted by atomic mass is 9.80. The molecule has 0 bridgehead atoms. The number of halogens is 2. The van der Waals surface area contributed by atoms with Gasteiger partial charge in [0.25, 0.3) is 0 Å². The molecule has 0 aliphatic carbocycles. The highest BCUT2D eigenvalue weighted by Crippen LogP contribution is 2.34. The van der Waals surface area contributed by atoms with E-state index in [9.17, 15) is 4.39 Å². The summed E-state index contributed by atoms with van der Waals surface area (Å²) in [6, 6.07) is 4.93. The van der Waals surface area contributed by atoms with E-state index in [0.717, 1.165) is 25.1 Å². The molecule has 4 heteroatoms. The van der Waals surface area contributed by atoms with Crippen LogP contribution in [0.25, 0.3) is 0 Å². The number of benzene rings is 1. The van der Waals surface area contributed by atoms with Crippen LogP contribution in [0.3, 0.4) is 0 Å². The van der Waals surface area contributed by atoms with Gasteiger partial charge in [-0.25, -0.2) is 4.39 Å². The van der Waals surface area contributed by atoms with Gasteiger partial charge in [0.1, 0.15) is 5.82 Å². The molecule has 2 nitrogen and oxygen atoms in total. The first-order valence-corrected chi connectivity index (χ1v) is 5.79. The lowest BCUT2D eigenvalue weighted by Crippen LogP contribution is -2.37. The lowest BCUT2D eigenvalue weighted by molar-refractivity contribution is 0.371. The van der Waals surface area contributed by atoms with Crippen molar-refractivity contribution in [2.45, 2.75) is 11.8 Å². The molecule has 0 amide bonds. The number of hydrogen-bond donors (Lipinski definition) is 1. The molecule has 2 rings (SSSR count). The second-order valence-corrected chi connectivity index (χ2v) is 5.01. The summed E-state index contributed by atoms with van der Waals surface area (Å²) in [5.41, 5.74) is 6.87. The Morgan fingerprint density at radius 2 is 2.31 bits per heavy atom. The molecule has 1 aliphatic rings. The minimum Gasteiger partial charge on any atom is -0.330 e. The fraction of sp³-hybridized carbons (Fsp3) is 0.500. The first-order chi connectivity index (χ1) is 7.57. The number of likely N-dealkylation sites (N-methyl/N-ethyl adjacent to an activating group) is 1. The van der Waals surface area contributed by atoms with E-state index in [1.54, 1.807) is 12.1 Å². The molecule has 1 heterocycles. The number of rotatable bonds is 2. The molecule has 1 aromatic carbocycles. The third kappa shape index (κ3) is 1.95. The highest BCUT2D eigenvalue weighted by atomic mass is 35.5. The van der Waals surface area contributed by atoms with Gasteiger partial charge in [-0.05, 0) is 37.7 Å². The molecule has 0 aromatic heterocycles. The molecule has 2 N–H and O–H groups in total. The minimum absolute atomic E-state index is 0.0634. The van der Waals surface area contributed by atoms with Crippen LogP contribution in [0.5, 0.6) is 0 Å². The maximum Gasteiger partial charge on any atom is 0.141 e. The molecule has 88 valence electrons. The van der Waals surface area contributed by atoms with Gasteiger partial charge in [0.2, 0.25) is 0 Å². The molecule has 1 fully saturated rings. The normalized spacial score (nSPS) is 26.2. The standard InChI is InChI=1S/C12H16ClFN2/c1-16-5-4-12(7-15,8-16)9-2-3-11(14)10(13)6-9/h2-3,6H,4-5,7-8,15H2,1H3. The van der Waals surface area contributed by atoms with Crippen molar-refractivity contribution in [1.29, 1.82) is 0 Å². The van der Waals surface area contributed by atoms with Crippen molar-refractivity contribution in [1.82, 2.24) is 4.90 Å². The smallest absolute Gasteiger partial charge is 0.141 e. The molecule has 1 aliphatic heterocycles. The van der Waals surface area contributed by atoms with E-state index in [1.165, 1.54) is 6.07 Å². The summed E-state index contributed by atoms with van der Waals surface area (Å²) in [4.78, 5) is 2.24. The molecule has 0 spiro atoms. The van der Waals surface area contributed by atoms with Crippen molar-refractivity contribution < 1.29 is 4.39 Å². The quantitative estimate of drug-likeness (QED) is 0.860. The summed E-state index contributed by atoms with van der Waals surface area (Å²) < 4.78 is 13.1. The highest BCUT2D eigenvalue weighted by Gasteiger charge is 2.37. The van der Waals surface area contributed by atoms with E-state index in [-0.39, 0.29) is 16.3 Å². The average molecular weight is 243 g/mol. The van der Waals surface area contributed by atoms with Gasteiger partial charge < -0.3 is 10.6 Å². The third-order valence-corrected chi connectivity index (χ3v) is 3.76. The van der Waals surface area contributed by atoms with Gasteiger partial charge in [0.05, 0.1) is 5.02 Å². The predicted molar refractivity (Wildman–Crippen MR) is 64.3 cm³/mol. The van der Waals surface area contributed by atoms with Gasteiger partial charge >= 0.3 is 0 Å². The summed E-state index contributed by atoms with van der Waals surface area (Å²) in [6.45, 7) is 2.50. The van der Waals surface area contributed by atoms with Crippen LogP contribution >= 0.6 is 11.6 Å². The maximum atomic E-state index is 13.1. The fourth-order valence-corrected chi connectivity index (χ4v) is 2.61. The molecule has 1 unspecified atom stereocenters. The van der Waals surface area contributed by atoms with Gasteiger partial charge in [-0.2, -0.15) is 0 Å². The zero-order chi connectivity index (χ0) is 11.8. The van der Waals surface area contributed by atoms with Crippen molar-refractivity contribution in [3.05, 3.63) is 34.6 Å². The molecule has 1 aromatic rings. The van der Waals surface area contributed by atoms with E-state index in [4.69, 9.17) is 17.3 Å². The van der Waals surface area contributed by atoms with Gasteiger partial charge in [-0.3, -0.25) is 0 Å². The molecular formula is C12H16ClFN2. The Morgan fingerprint density at radius 1 is 1.56 bits per heavy atom. The fourth-order valence-electron chi connectivity index (χ4n) is 2.43. The van der Waals surface area contributed by atoms with Crippen LogP contribution in [0.1, 0.15) is 12.0 Å². The predicted octanol–water partition coefficient (Wildman–Crippen LogP) is 2.01. The number of nitrogens with two attached hydrogens (primary N) is 1. The molecule has 0 radical (unpaired) electrons. The second-order valence-electron chi connectivity index (χ2n) is 4.60. The van der Waals surface area contributed by atoms with Crippen molar-refractivity contribution in [3.8, 4) is 0 Å². The number of nitrogens with zero attached hydrogens (tertiary/aromatic N) is 1. The molecule has 16 heavy (non-hydrogen) atoms. The van der Waals surface area contributed by atoms with E-state index >= 15 is 0 Å². The van der Waals surface area contributed by atoms with E-state index in [0.29, 0.717) is 6.54 Å². The first-order valence-electron chi connectivity index (χ1n) is 5.41. The van der Waals surface area contributed by atoms with Crippen LogP contribution < -0.4 is 5.73 Å². The first kappa shape index (κ1) is 11.8. The van der Waals surface area contributed by atoms with Gasteiger partial charge in [-0.15, -0.1) is 0 Å². The van der Waals surface area contributed by atoms with Crippen LogP contribution in [0, 0.1) is 5.82 Å². The van der Waals surface area contributed by atoms with Crippen LogP contribution in [0.4, 0.5) is 4.39 Å². The minimum atomic E-state index is -0.371. The Hall–Kier alpha value is -0.640.